The summed E-state index contributed by atoms with van der Waals surface area (Å²) in [4.78, 5) is 11.3. The van der Waals surface area contributed by atoms with E-state index in [4.69, 9.17) is 0 Å². The molecule has 60 valence electrons. The van der Waals surface area contributed by atoms with E-state index in [0.29, 0.717) is 5.82 Å². The van der Waals surface area contributed by atoms with E-state index in [1.54, 1.807) is 19.0 Å². The predicted octanol–water partition coefficient (Wildman–Crippen LogP) is 0.384. The smallest absolute Gasteiger partial charge is 0.344 e. The normalized spacial score (nSPS) is 9.64. The Labute approximate surface area is 63.0 Å². The Morgan fingerprint density at radius 1 is 1.73 bits per heavy atom. The fourth-order valence-electron chi connectivity index (χ4n) is 0.624. The minimum Gasteiger partial charge on any atom is -0.359 e. The van der Waals surface area contributed by atoms with Crippen LogP contribution < -0.4 is 4.90 Å². The summed E-state index contributed by atoms with van der Waals surface area (Å²) in [6.07, 6.45) is 0. The standard InChI is InChI=1S/C5H8N4O2/c1-8(2)4-3-5(7-6-4)9(10)11/h3H,1-2H3,(H,6,7). The Morgan fingerprint density at radius 2 is 2.36 bits per heavy atom. The Morgan fingerprint density at radius 3 is 2.64 bits per heavy atom. The minimum atomic E-state index is -0.514. The van der Waals surface area contributed by atoms with Crippen LogP contribution in [0.4, 0.5) is 11.6 Å². The molecule has 0 fully saturated rings. The van der Waals surface area contributed by atoms with Gasteiger partial charge in [0, 0.05) is 14.1 Å². The molecule has 6 nitrogen and oxygen atoms in total. The second kappa shape index (κ2) is 2.57. The van der Waals surface area contributed by atoms with Gasteiger partial charge in [-0.3, -0.25) is 0 Å². The molecule has 0 bridgehead atoms. The molecule has 0 spiro atoms. The van der Waals surface area contributed by atoms with Crippen molar-refractivity contribution in [3.8, 4) is 0 Å². The number of hydrogen-bond acceptors (Lipinski definition) is 4. The van der Waals surface area contributed by atoms with Gasteiger partial charge in [0.15, 0.2) is 5.82 Å². The molecule has 0 amide bonds. The molecular weight excluding hydrogens is 148 g/mol. The first-order valence-electron chi connectivity index (χ1n) is 2.98. The third-order valence-electron chi connectivity index (χ3n) is 1.21. The van der Waals surface area contributed by atoms with Gasteiger partial charge in [0.05, 0.1) is 6.07 Å². The zero-order valence-electron chi connectivity index (χ0n) is 6.24. The van der Waals surface area contributed by atoms with Crippen molar-refractivity contribution in [2.45, 2.75) is 0 Å². The molecule has 0 atom stereocenters. The van der Waals surface area contributed by atoms with Crippen LogP contribution in [-0.2, 0) is 0 Å². The minimum absolute atomic E-state index is 0.0892. The second-order valence-corrected chi connectivity index (χ2v) is 2.26. The van der Waals surface area contributed by atoms with Gasteiger partial charge in [-0.15, -0.1) is 5.10 Å². The Balaban J connectivity index is 2.90. The SMILES string of the molecule is CN(C)c1cc([N+](=O)[O-])[nH]n1. The third kappa shape index (κ3) is 1.46. The van der Waals surface area contributed by atoms with E-state index >= 15 is 0 Å². The van der Waals surface area contributed by atoms with Crippen molar-refractivity contribution in [3.63, 3.8) is 0 Å². The summed E-state index contributed by atoms with van der Waals surface area (Å²) in [5.74, 6) is 0.463. The molecule has 0 aliphatic heterocycles. The molecule has 1 heterocycles. The first-order chi connectivity index (χ1) is 5.11. The van der Waals surface area contributed by atoms with E-state index in [1.807, 2.05) is 0 Å². The number of nitro groups is 1. The maximum atomic E-state index is 10.2. The van der Waals surface area contributed by atoms with E-state index in [1.165, 1.54) is 6.07 Å². The lowest BCUT2D eigenvalue weighted by Crippen LogP contribution is -2.08. The highest BCUT2D eigenvalue weighted by Crippen LogP contribution is 2.13. The zero-order chi connectivity index (χ0) is 8.43. The lowest BCUT2D eigenvalue weighted by molar-refractivity contribution is -0.389. The van der Waals surface area contributed by atoms with Crippen molar-refractivity contribution in [2.24, 2.45) is 0 Å². The van der Waals surface area contributed by atoms with E-state index < -0.39 is 4.92 Å². The van der Waals surface area contributed by atoms with Crippen molar-refractivity contribution < 1.29 is 4.92 Å². The van der Waals surface area contributed by atoms with Crippen LogP contribution >= 0.6 is 0 Å². The highest BCUT2D eigenvalue weighted by molar-refractivity contribution is 5.41. The van der Waals surface area contributed by atoms with Crippen molar-refractivity contribution >= 4 is 11.6 Å². The molecule has 11 heavy (non-hydrogen) atoms. The Bertz CT molecular complexity index is 267. The summed E-state index contributed by atoms with van der Waals surface area (Å²) in [5.41, 5.74) is 0. The lowest BCUT2D eigenvalue weighted by atomic mass is 10.5. The summed E-state index contributed by atoms with van der Waals surface area (Å²) < 4.78 is 0. The molecule has 0 aliphatic carbocycles. The maximum absolute atomic E-state index is 10.2. The highest BCUT2D eigenvalue weighted by atomic mass is 16.6. The van der Waals surface area contributed by atoms with Gasteiger partial charge in [-0.1, -0.05) is 5.10 Å². The number of H-pyrrole nitrogens is 1. The monoisotopic (exact) mass is 156 g/mol. The quantitative estimate of drug-likeness (QED) is 0.496. The average Bonchev–Trinajstić information content (AvgIpc) is 2.33. The van der Waals surface area contributed by atoms with E-state index in [2.05, 4.69) is 10.2 Å². The summed E-state index contributed by atoms with van der Waals surface area (Å²) >= 11 is 0. The van der Waals surface area contributed by atoms with Crippen LogP contribution in [0.1, 0.15) is 0 Å². The van der Waals surface area contributed by atoms with Crippen LogP contribution in [0.15, 0.2) is 6.07 Å². The zero-order valence-corrected chi connectivity index (χ0v) is 6.24. The van der Waals surface area contributed by atoms with Crippen molar-refractivity contribution in [1.29, 1.82) is 0 Å². The van der Waals surface area contributed by atoms with E-state index in [-0.39, 0.29) is 5.82 Å². The van der Waals surface area contributed by atoms with Gasteiger partial charge in [-0.05, 0) is 4.92 Å². The summed E-state index contributed by atoms with van der Waals surface area (Å²) in [6.45, 7) is 0. The third-order valence-corrected chi connectivity index (χ3v) is 1.21. The van der Waals surface area contributed by atoms with Crippen molar-refractivity contribution in [2.75, 3.05) is 19.0 Å². The number of nitrogens with zero attached hydrogens (tertiary/aromatic N) is 3. The second-order valence-electron chi connectivity index (χ2n) is 2.26. The van der Waals surface area contributed by atoms with Crippen LogP contribution in [0.3, 0.4) is 0 Å². The maximum Gasteiger partial charge on any atom is 0.344 e. The molecule has 6 heteroatoms. The molecule has 0 aliphatic rings. The molecule has 1 rings (SSSR count). The van der Waals surface area contributed by atoms with Crippen LogP contribution in [-0.4, -0.2) is 29.2 Å². The molecule has 1 aromatic rings. The predicted molar refractivity (Wildman–Crippen MR) is 39.6 cm³/mol. The fourth-order valence-corrected chi connectivity index (χ4v) is 0.624. The topological polar surface area (TPSA) is 75.1 Å². The molecular formula is C5H8N4O2. The van der Waals surface area contributed by atoms with Gasteiger partial charge in [-0.2, -0.15) is 0 Å². The number of nitrogens with one attached hydrogen (secondary N) is 1. The molecule has 0 unspecified atom stereocenters. The largest absolute Gasteiger partial charge is 0.359 e. The van der Waals surface area contributed by atoms with Crippen molar-refractivity contribution in [3.05, 3.63) is 16.2 Å². The van der Waals surface area contributed by atoms with Gasteiger partial charge < -0.3 is 15.0 Å². The van der Waals surface area contributed by atoms with Gasteiger partial charge in [0.2, 0.25) is 0 Å². The van der Waals surface area contributed by atoms with E-state index in [9.17, 15) is 10.1 Å². The molecule has 1 aromatic heterocycles. The van der Waals surface area contributed by atoms with Crippen LogP contribution in [0.5, 0.6) is 0 Å². The lowest BCUT2D eigenvalue weighted by Gasteiger charge is -2.03. The molecule has 0 aromatic carbocycles. The first-order valence-corrected chi connectivity index (χ1v) is 2.98. The van der Waals surface area contributed by atoms with Crippen LogP contribution in [0.25, 0.3) is 0 Å². The average molecular weight is 156 g/mol. The number of hydrogen-bond donors (Lipinski definition) is 1. The summed E-state index contributed by atoms with van der Waals surface area (Å²) in [6, 6.07) is 1.38. The van der Waals surface area contributed by atoms with E-state index in [0.717, 1.165) is 0 Å². The van der Waals surface area contributed by atoms with Crippen LogP contribution in [0.2, 0.25) is 0 Å². The van der Waals surface area contributed by atoms with Gasteiger partial charge in [0.1, 0.15) is 0 Å². The summed E-state index contributed by atoms with van der Waals surface area (Å²) in [7, 11) is 3.53. The van der Waals surface area contributed by atoms with Gasteiger partial charge >= 0.3 is 5.82 Å². The number of aromatic nitrogens is 2. The molecule has 0 saturated carbocycles. The van der Waals surface area contributed by atoms with Gasteiger partial charge in [-0.25, -0.2) is 0 Å². The molecule has 1 N–H and O–H groups in total. The highest BCUT2D eigenvalue weighted by Gasteiger charge is 2.09. The molecule has 0 radical (unpaired) electrons. The van der Waals surface area contributed by atoms with Crippen LogP contribution in [0, 0.1) is 10.1 Å². The number of aromatic amines is 1. The number of anilines is 1. The Hall–Kier alpha value is -1.59. The van der Waals surface area contributed by atoms with Crippen molar-refractivity contribution in [1.82, 2.24) is 10.2 Å². The first kappa shape index (κ1) is 7.52. The molecule has 0 saturated heterocycles. The number of rotatable bonds is 2. The summed E-state index contributed by atoms with van der Waals surface area (Å²) in [5, 5.41) is 16.1. The Kier molecular flexibility index (Phi) is 1.75. The van der Waals surface area contributed by atoms with Gasteiger partial charge in [0.25, 0.3) is 0 Å². The fraction of sp³-hybridized carbons (Fsp3) is 0.400.